The summed E-state index contributed by atoms with van der Waals surface area (Å²) in [6.45, 7) is 0.909. The molecule has 2 aliphatic carbocycles. The Morgan fingerprint density at radius 3 is 2.91 bits per heavy atom. The van der Waals surface area contributed by atoms with Gasteiger partial charge in [-0.2, -0.15) is 0 Å². The molecule has 7 rings (SSSR count). The summed E-state index contributed by atoms with van der Waals surface area (Å²) >= 11 is 0. The number of rotatable bonds is 4. The van der Waals surface area contributed by atoms with Gasteiger partial charge in [0.05, 0.1) is 23.7 Å². The smallest absolute Gasteiger partial charge is 0.254 e. The number of nitrogens with one attached hydrogen (secondary N) is 1. The zero-order valence-electron chi connectivity index (χ0n) is 18.8. The number of phenols is 1. The zero-order valence-corrected chi connectivity index (χ0v) is 18.8. The predicted octanol–water partition coefficient (Wildman–Crippen LogP) is 4.63. The van der Waals surface area contributed by atoms with E-state index >= 15 is 0 Å². The lowest BCUT2D eigenvalue weighted by Gasteiger charge is -2.47. The molecule has 34 heavy (non-hydrogen) atoms. The van der Waals surface area contributed by atoms with Crippen LogP contribution in [0.3, 0.4) is 0 Å². The van der Waals surface area contributed by atoms with Crippen molar-refractivity contribution in [1.82, 2.24) is 19.9 Å². The molecule has 2 aromatic heterocycles. The van der Waals surface area contributed by atoms with Gasteiger partial charge in [0.1, 0.15) is 11.6 Å². The number of ether oxygens (including phenoxy) is 1. The van der Waals surface area contributed by atoms with Crippen molar-refractivity contribution >= 4 is 16.9 Å². The number of benzene rings is 2. The highest BCUT2D eigenvalue weighted by atomic mass is 16.5. The largest absolute Gasteiger partial charge is 0.507 e. The highest BCUT2D eigenvalue weighted by Gasteiger charge is 2.71. The van der Waals surface area contributed by atoms with Crippen LogP contribution in [-0.2, 0) is 0 Å². The average Bonchev–Trinajstić information content (AvgIpc) is 3.33. The minimum atomic E-state index is 0.106. The number of aromatic nitrogens is 3. The van der Waals surface area contributed by atoms with Crippen LogP contribution >= 0.6 is 0 Å². The van der Waals surface area contributed by atoms with Gasteiger partial charge in [0.25, 0.3) is 5.91 Å². The lowest BCUT2D eigenvalue weighted by atomic mass is 9.85. The number of aromatic amines is 1. The van der Waals surface area contributed by atoms with Crippen molar-refractivity contribution in [2.75, 3.05) is 13.7 Å². The van der Waals surface area contributed by atoms with E-state index in [1.807, 2.05) is 42.5 Å². The van der Waals surface area contributed by atoms with Crippen molar-refractivity contribution in [2.24, 2.45) is 11.3 Å². The predicted molar refractivity (Wildman–Crippen MR) is 128 cm³/mol. The van der Waals surface area contributed by atoms with Crippen LogP contribution in [0, 0.1) is 11.3 Å². The molecule has 0 bridgehead atoms. The first kappa shape index (κ1) is 19.6. The first-order valence-electron chi connectivity index (χ1n) is 11.7. The second kappa shape index (κ2) is 6.82. The van der Waals surface area contributed by atoms with Crippen molar-refractivity contribution in [1.29, 1.82) is 0 Å². The first-order valence-corrected chi connectivity index (χ1v) is 11.7. The average molecular weight is 453 g/mol. The van der Waals surface area contributed by atoms with E-state index in [9.17, 15) is 9.90 Å². The number of phenolic OH excluding ortho intramolecular Hbond substituents is 1. The van der Waals surface area contributed by atoms with Crippen LogP contribution in [0.1, 0.15) is 29.6 Å². The van der Waals surface area contributed by atoms with E-state index in [1.54, 1.807) is 19.4 Å². The zero-order chi connectivity index (χ0) is 23.0. The van der Waals surface area contributed by atoms with Gasteiger partial charge in [-0.25, -0.2) is 9.97 Å². The maximum absolute atomic E-state index is 13.2. The molecule has 2 N–H and O–H groups in total. The number of amides is 1. The van der Waals surface area contributed by atoms with Gasteiger partial charge < -0.3 is 19.7 Å². The van der Waals surface area contributed by atoms with Crippen LogP contribution in [0.15, 0.2) is 54.7 Å². The molecule has 3 aliphatic rings. The number of fused-ring (bicyclic) bond motifs is 1. The van der Waals surface area contributed by atoms with Gasteiger partial charge in [0.2, 0.25) is 5.88 Å². The molecule has 1 saturated heterocycles. The molecule has 3 fully saturated rings. The summed E-state index contributed by atoms with van der Waals surface area (Å²) in [5.74, 6) is 2.14. The Morgan fingerprint density at radius 1 is 1.18 bits per heavy atom. The lowest BCUT2D eigenvalue weighted by molar-refractivity contribution is 0.00944. The second-order valence-corrected chi connectivity index (χ2v) is 9.77. The Labute approximate surface area is 196 Å². The van der Waals surface area contributed by atoms with Crippen LogP contribution in [0.5, 0.6) is 11.6 Å². The van der Waals surface area contributed by atoms with Gasteiger partial charge in [-0.15, -0.1) is 0 Å². The normalized spacial score (nSPS) is 24.4. The van der Waals surface area contributed by atoms with Crippen molar-refractivity contribution < 1.29 is 14.6 Å². The Hall–Kier alpha value is -3.87. The number of likely N-dealkylation sites (tertiary alicyclic amines) is 1. The number of carbonyl (C=O) groups excluding carboxylic acids is 1. The first-order chi connectivity index (χ1) is 16.6. The maximum atomic E-state index is 13.2. The number of imidazole rings is 1. The van der Waals surface area contributed by atoms with Crippen LogP contribution in [0.25, 0.3) is 33.5 Å². The van der Waals surface area contributed by atoms with Gasteiger partial charge >= 0.3 is 0 Å². The number of aromatic hydroxyl groups is 1. The monoisotopic (exact) mass is 452 g/mol. The molecular formula is C27H24N4O3. The maximum Gasteiger partial charge on any atom is 0.254 e. The van der Waals surface area contributed by atoms with E-state index in [0.29, 0.717) is 34.3 Å². The summed E-state index contributed by atoms with van der Waals surface area (Å²) in [4.78, 5) is 27.5. The molecule has 0 radical (unpaired) electrons. The number of hydrogen-bond acceptors (Lipinski definition) is 5. The number of carbonyl (C=O) groups is 1. The number of nitrogens with zero attached hydrogens (tertiary/aromatic N) is 3. The molecule has 3 heterocycles. The molecule has 7 heteroatoms. The van der Waals surface area contributed by atoms with E-state index in [0.717, 1.165) is 41.0 Å². The Kier molecular flexibility index (Phi) is 3.93. The van der Waals surface area contributed by atoms with Crippen LogP contribution in [0.2, 0.25) is 0 Å². The molecule has 2 aromatic carbocycles. The van der Waals surface area contributed by atoms with Gasteiger partial charge in [-0.05, 0) is 73.2 Å². The fourth-order valence-electron chi connectivity index (χ4n) is 6.24. The molecule has 4 aromatic rings. The van der Waals surface area contributed by atoms with E-state index in [-0.39, 0.29) is 11.7 Å². The Bertz CT molecular complexity index is 1480. The van der Waals surface area contributed by atoms with Gasteiger partial charge in [-0.3, -0.25) is 4.79 Å². The summed E-state index contributed by atoms with van der Waals surface area (Å²) in [6, 6.07) is 15.1. The summed E-state index contributed by atoms with van der Waals surface area (Å²) in [6.07, 6.45) is 5.39. The van der Waals surface area contributed by atoms with E-state index in [1.165, 1.54) is 12.8 Å². The molecule has 1 spiro atoms. The summed E-state index contributed by atoms with van der Waals surface area (Å²) in [7, 11) is 1.58. The summed E-state index contributed by atoms with van der Waals surface area (Å²) in [5.41, 5.74) is 4.92. The third-order valence-electron chi connectivity index (χ3n) is 8.09. The van der Waals surface area contributed by atoms with Crippen molar-refractivity contribution in [2.45, 2.75) is 25.3 Å². The highest BCUT2D eigenvalue weighted by Crippen LogP contribution is 2.70. The number of pyridine rings is 1. The van der Waals surface area contributed by atoms with E-state index in [2.05, 4.69) is 19.9 Å². The molecule has 0 unspecified atom stereocenters. The Balaban J connectivity index is 1.22. The van der Waals surface area contributed by atoms with Crippen molar-refractivity contribution in [3.8, 4) is 34.1 Å². The van der Waals surface area contributed by atoms with E-state index in [4.69, 9.17) is 4.74 Å². The van der Waals surface area contributed by atoms with Crippen LogP contribution < -0.4 is 4.74 Å². The molecule has 3 atom stereocenters. The number of methoxy groups -OCH3 is 1. The van der Waals surface area contributed by atoms with Crippen molar-refractivity contribution in [3.63, 3.8) is 0 Å². The standard InChI is InChI=1S/C27H24N4O3/c1-34-25-18(3-2-10-28-25)15-5-8-22(32)19(11-15)24-29-20-7-4-16(12-21(20)30-24)26(33)31-14-27-13-17(27)6-9-23(27)31/h2-5,7-8,10-12,17,23,32H,6,9,13-14H2,1H3,(H,29,30)/t17-,23-,27-/m0/s1. The number of hydrogen-bond donors (Lipinski definition) is 2. The third-order valence-corrected chi connectivity index (χ3v) is 8.09. The van der Waals surface area contributed by atoms with Crippen LogP contribution in [0.4, 0.5) is 0 Å². The minimum Gasteiger partial charge on any atom is -0.507 e. The molecule has 170 valence electrons. The molecule has 2 saturated carbocycles. The fourth-order valence-corrected chi connectivity index (χ4v) is 6.24. The van der Waals surface area contributed by atoms with Gasteiger partial charge in [-0.1, -0.05) is 6.07 Å². The van der Waals surface area contributed by atoms with E-state index < -0.39 is 0 Å². The van der Waals surface area contributed by atoms with Crippen LogP contribution in [-0.4, -0.2) is 50.6 Å². The fraction of sp³-hybridized carbons (Fsp3) is 0.296. The SMILES string of the molecule is COc1ncccc1-c1ccc(O)c(-c2nc3ccc(C(=O)N4C[C@@]56C[C@@H]5CC[C@H]46)cc3[nH]2)c1. The van der Waals surface area contributed by atoms with Crippen molar-refractivity contribution in [3.05, 3.63) is 60.3 Å². The summed E-state index contributed by atoms with van der Waals surface area (Å²) < 4.78 is 5.39. The molecule has 1 aliphatic heterocycles. The minimum absolute atomic E-state index is 0.106. The highest BCUT2D eigenvalue weighted by molar-refractivity contribution is 5.98. The number of H-pyrrole nitrogens is 1. The molecule has 1 amide bonds. The quantitative estimate of drug-likeness (QED) is 0.471. The summed E-state index contributed by atoms with van der Waals surface area (Å²) in [5, 5.41) is 10.6. The van der Waals surface area contributed by atoms with Gasteiger partial charge in [0, 0.05) is 35.3 Å². The Morgan fingerprint density at radius 2 is 2.09 bits per heavy atom. The molecular weight excluding hydrogens is 428 g/mol. The van der Waals surface area contributed by atoms with Gasteiger partial charge in [0.15, 0.2) is 0 Å². The second-order valence-electron chi connectivity index (χ2n) is 9.77. The topological polar surface area (TPSA) is 91.3 Å². The molecule has 7 nitrogen and oxygen atoms in total. The lowest BCUT2D eigenvalue weighted by Crippen LogP contribution is -2.59. The third kappa shape index (κ3) is 2.67.